The lowest BCUT2D eigenvalue weighted by Crippen LogP contribution is -2.36. The number of hydrogen-bond donors (Lipinski definition) is 2. The summed E-state index contributed by atoms with van der Waals surface area (Å²) in [6.07, 6.45) is 1.25. The molecule has 1 amide bonds. The Morgan fingerprint density at radius 3 is 2.55 bits per heavy atom. The van der Waals surface area contributed by atoms with E-state index in [1.165, 1.54) is 5.56 Å². The highest BCUT2D eigenvalue weighted by Gasteiger charge is 2.50. The molecule has 0 aromatic heterocycles. The van der Waals surface area contributed by atoms with Crippen molar-refractivity contribution in [2.75, 3.05) is 13.2 Å². The monoisotopic (exact) mass is 277 g/mol. The predicted molar refractivity (Wildman–Crippen MR) is 73.7 cm³/mol. The molecule has 2 rings (SSSR count). The highest BCUT2D eigenvalue weighted by Crippen LogP contribution is 2.45. The van der Waals surface area contributed by atoms with E-state index in [4.69, 9.17) is 9.84 Å². The first kappa shape index (κ1) is 14.4. The lowest BCUT2D eigenvalue weighted by Gasteiger charge is -2.12. The van der Waals surface area contributed by atoms with E-state index in [1.54, 1.807) is 0 Å². The molecule has 5 nitrogen and oxygen atoms in total. The Morgan fingerprint density at radius 1 is 1.30 bits per heavy atom. The molecule has 0 spiro atoms. The summed E-state index contributed by atoms with van der Waals surface area (Å²) in [6.45, 7) is 4.06. The van der Waals surface area contributed by atoms with Crippen molar-refractivity contribution in [2.24, 2.45) is 5.41 Å². The van der Waals surface area contributed by atoms with Crippen molar-refractivity contribution in [3.05, 3.63) is 29.3 Å². The number of carbonyl (C=O) groups excluding carboxylic acids is 1. The second kappa shape index (κ2) is 5.53. The summed E-state index contributed by atoms with van der Waals surface area (Å²) in [7, 11) is 0. The smallest absolute Gasteiger partial charge is 0.311 e. The van der Waals surface area contributed by atoms with Gasteiger partial charge in [0.05, 0.1) is 5.41 Å². The number of carboxylic acid groups (broad SMARTS) is 1. The molecule has 20 heavy (non-hydrogen) atoms. The Kier molecular flexibility index (Phi) is 3.97. The van der Waals surface area contributed by atoms with Crippen LogP contribution in [0.5, 0.6) is 5.75 Å². The summed E-state index contributed by atoms with van der Waals surface area (Å²) >= 11 is 0. The van der Waals surface area contributed by atoms with Gasteiger partial charge in [0.15, 0.2) is 6.61 Å². The average molecular weight is 277 g/mol. The first-order valence-corrected chi connectivity index (χ1v) is 6.63. The normalized spacial score (nSPS) is 15.5. The Hall–Kier alpha value is -2.04. The van der Waals surface area contributed by atoms with Gasteiger partial charge in [-0.3, -0.25) is 9.59 Å². The number of carboxylic acids is 1. The number of aryl methyl sites for hydroxylation is 2. The third-order valence-corrected chi connectivity index (χ3v) is 3.78. The van der Waals surface area contributed by atoms with Crippen molar-refractivity contribution in [1.29, 1.82) is 0 Å². The van der Waals surface area contributed by atoms with Gasteiger partial charge < -0.3 is 15.2 Å². The number of benzene rings is 1. The van der Waals surface area contributed by atoms with Gasteiger partial charge in [-0.2, -0.15) is 0 Å². The van der Waals surface area contributed by atoms with Gasteiger partial charge in [0, 0.05) is 6.54 Å². The number of aliphatic carboxylic acids is 1. The molecule has 0 radical (unpaired) electrons. The van der Waals surface area contributed by atoms with E-state index < -0.39 is 11.4 Å². The van der Waals surface area contributed by atoms with Crippen LogP contribution in [0.25, 0.3) is 0 Å². The summed E-state index contributed by atoms with van der Waals surface area (Å²) in [4.78, 5) is 22.6. The molecule has 1 fully saturated rings. The second-order valence-corrected chi connectivity index (χ2v) is 5.40. The zero-order valence-electron chi connectivity index (χ0n) is 11.7. The van der Waals surface area contributed by atoms with Crippen molar-refractivity contribution in [2.45, 2.75) is 26.7 Å². The fourth-order valence-corrected chi connectivity index (χ4v) is 1.89. The van der Waals surface area contributed by atoms with Crippen LogP contribution in [0, 0.1) is 19.3 Å². The molecule has 108 valence electrons. The van der Waals surface area contributed by atoms with E-state index in [0.717, 1.165) is 5.56 Å². The highest BCUT2D eigenvalue weighted by molar-refractivity contribution is 5.81. The van der Waals surface area contributed by atoms with Crippen molar-refractivity contribution in [3.63, 3.8) is 0 Å². The molecule has 1 aromatic carbocycles. The highest BCUT2D eigenvalue weighted by atomic mass is 16.5. The largest absolute Gasteiger partial charge is 0.484 e. The van der Waals surface area contributed by atoms with E-state index in [-0.39, 0.29) is 19.1 Å². The molecule has 0 saturated heterocycles. The second-order valence-electron chi connectivity index (χ2n) is 5.40. The average Bonchev–Trinajstić information content (AvgIpc) is 3.19. The molecule has 0 aliphatic heterocycles. The summed E-state index contributed by atoms with van der Waals surface area (Å²) in [5.74, 6) is -0.494. The van der Waals surface area contributed by atoms with Crippen molar-refractivity contribution < 1.29 is 19.4 Å². The number of rotatable bonds is 6. The van der Waals surface area contributed by atoms with Crippen molar-refractivity contribution >= 4 is 11.9 Å². The number of amides is 1. The zero-order chi connectivity index (χ0) is 14.8. The maximum Gasteiger partial charge on any atom is 0.311 e. The van der Waals surface area contributed by atoms with Crippen molar-refractivity contribution in [3.8, 4) is 5.75 Å². The fourth-order valence-electron chi connectivity index (χ4n) is 1.89. The Morgan fingerprint density at radius 2 is 2.00 bits per heavy atom. The van der Waals surface area contributed by atoms with Crippen LogP contribution in [0.3, 0.4) is 0 Å². The van der Waals surface area contributed by atoms with Crippen LogP contribution >= 0.6 is 0 Å². The molecule has 0 unspecified atom stereocenters. The number of hydrogen-bond acceptors (Lipinski definition) is 3. The summed E-state index contributed by atoms with van der Waals surface area (Å²) in [5, 5.41) is 11.6. The van der Waals surface area contributed by atoms with Gasteiger partial charge >= 0.3 is 5.97 Å². The summed E-state index contributed by atoms with van der Waals surface area (Å²) in [6, 6.07) is 5.63. The molecule has 1 aliphatic rings. The molecule has 5 heteroatoms. The molecule has 0 bridgehead atoms. The predicted octanol–water partition coefficient (Wildman–Crippen LogP) is 1.66. The van der Waals surface area contributed by atoms with Crippen molar-refractivity contribution in [1.82, 2.24) is 5.32 Å². The fraction of sp³-hybridized carbons (Fsp3) is 0.467. The van der Waals surface area contributed by atoms with Crippen LogP contribution in [-0.2, 0) is 9.59 Å². The van der Waals surface area contributed by atoms with E-state index in [1.807, 2.05) is 32.0 Å². The Bertz CT molecular complexity index is 535. The molecule has 0 atom stereocenters. The van der Waals surface area contributed by atoms with Gasteiger partial charge in [0.2, 0.25) is 0 Å². The summed E-state index contributed by atoms with van der Waals surface area (Å²) < 4.78 is 5.39. The molecule has 2 N–H and O–H groups in total. The van der Waals surface area contributed by atoms with E-state index in [0.29, 0.717) is 18.6 Å². The number of ether oxygens (including phenoxy) is 1. The van der Waals surface area contributed by atoms with E-state index in [2.05, 4.69) is 5.32 Å². The van der Waals surface area contributed by atoms with Crippen LogP contribution in [0.1, 0.15) is 24.0 Å². The van der Waals surface area contributed by atoms with Gasteiger partial charge in [-0.05, 0) is 49.9 Å². The Balaban J connectivity index is 1.78. The van der Waals surface area contributed by atoms with Gasteiger partial charge in [-0.1, -0.05) is 6.07 Å². The standard InChI is InChI=1S/C15H19NO4/c1-10-3-4-12(7-11(10)2)20-8-13(17)16-9-15(5-6-15)14(18)19/h3-4,7H,5-6,8-9H2,1-2H3,(H,16,17)(H,18,19). The minimum Gasteiger partial charge on any atom is -0.484 e. The summed E-state index contributed by atoms with van der Waals surface area (Å²) in [5.41, 5.74) is 1.53. The lowest BCUT2D eigenvalue weighted by atomic mass is 10.1. The molecule has 0 heterocycles. The minimum absolute atomic E-state index is 0.0990. The first-order chi connectivity index (χ1) is 9.43. The third-order valence-electron chi connectivity index (χ3n) is 3.78. The van der Waals surface area contributed by atoms with E-state index >= 15 is 0 Å². The Labute approximate surface area is 117 Å². The van der Waals surface area contributed by atoms with E-state index in [9.17, 15) is 9.59 Å². The zero-order valence-corrected chi connectivity index (χ0v) is 11.7. The molecular weight excluding hydrogens is 258 g/mol. The van der Waals surface area contributed by atoms with Gasteiger partial charge in [0.1, 0.15) is 5.75 Å². The molecule has 1 aromatic rings. The van der Waals surface area contributed by atoms with Gasteiger partial charge in [0.25, 0.3) is 5.91 Å². The topological polar surface area (TPSA) is 75.6 Å². The SMILES string of the molecule is Cc1ccc(OCC(=O)NCC2(C(=O)O)CC2)cc1C. The van der Waals surface area contributed by atoms with Crippen LogP contribution in [0.2, 0.25) is 0 Å². The van der Waals surface area contributed by atoms with Crippen LogP contribution in [0.4, 0.5) is 0 Å². The lowest BCUT2D eigenvalue weighted by molar-refractivity contribution is -0.143. The van der Waals surface area contributed by atoms with Crippen LogP contribution in [-0.4, -0.2) is 30.1 Å². The van der Waals surface area contributed by atoms with Crippen LogP contribution in [0.15, 0.2) is 18.2 Å². The molecule has 1 aliphatic carbocycles. The maximum absolute atomic E-state index is 11.6. The van der Waals surface area contributed by atoms with Gasteiger partial charge in [-0.25, -0.2) is 0 Å². The third kappa shape index (κ3) is 3.29. The molecule has 1 saturated carbocycles. The number of carbonyl (C=O) groups is 2. The number of nitrogens with one attached hydrogen (secondary N) is 1. The quantitative estimate of drug-likeness (QED) is 0.829. The van der Waals surface area contributed by atoms with Gasteiger partial charge in [-0.15, -0.1) is 0 Å². The maximum atomic E-state index is 11.6. The minimum atomic E-state index is -0.840. The first-order valence-electron chi connectivity index (χ1n) is 6.63. The molecular formula is C15H19NO4. The van der Waals surface area contributed by atoms with Crippen LogP contribution < -0.4 is 10.1 Å².